The summed E-state index contributed by atoms with van der Waals surface area (Å²) in [6.45, 7) is 6.11. The number of rotatable bonds is 9. The van der Waals surface area contributed by atoms with E-state index in [9.17, 15) is 4.79 Å². The van der Waals surface area contributed by atoms with Crippen LogP contribution in [0.3, 0.4) is 0 Å². The summed E-state index contributed by atoms with van der Waals surface area (Å²) in [5, 5.41) is 5.94. The van der Waals surface area contributed by atoms with E-state index in [1.54, 1.807) is 18.4 Å². The van der Waals surface area contributed by atoms with Gasteiger partial charge in [0, 0.05) is 50.2 Å². The first-order valence-electron chi connectivity index (χ1n) is 11.4. The Morgan fingerprint density at radius 2 is 1.73 bits per heavy atom. The molecule has 0 radical (unpaired) electrons. The highest BCUT2D eigenvalue weighted by atomic mass is 32.1. The number of ether oxygens (including phenoxy) is 1. The summed E-state index contributed by atoms with van der Waals surface area (Å²) in [6.07, 6.45) is 1.10. The first kappa shape index (κ1) is 23.4. The fourth-order valence-corrected chi connectivity index (χ4v) is 4.73. The van der Waals surface area contributed by atoms with E-state index in [1.807, 2.05) is 29.6 Å². The van der Waals surface area contributed by atoms with Crippen molar-refractivity contribution in [2.75, 3.05) is 46.9 Å². The monoisotopic (exact) mass is 464 g/mol. The lowest BCUT2D eigenvalue weighted by molar-refractivity contribution is -0.120. The number of nitrogens with one attached hydrogen (secondary N) is 1. The molecule has 2 heterocycles. The Balaban J connectivity index is 1.23. The van der Waals surface area contributed by atoms with Crippen LogP contribution in [0, 0.1) is 0 Å². The van der Waals surface area contributed by atoms with Gasteiger partial charge in [0.2, 0.25) is 5.91 Å². The molecular weight excluding hydrogens is 432 g/mol. The molecule has 0 saturated carbocycles. The molecule has 0 bridgehead atoms. The minimum Gasteiger partial charge on any atom is -0.497 e. The predicted octanol–water partition coefficient (Wildman–Crippen LogP) is 3.47. The number of methoxy groups -OCH3 is 1. The second kappa shape index (κ2) is 11.4. The van der Waals surface area contributed by atoms with Crippen LogP contribution in [0.25, 0.3) is 10.6 Å². The number of nitrogens with zero attached hydrogens (tertiary/aromatic N) is 3. The molecule has 1 amide bonds. The van der Waals surface area contributed by atoms with E-state index < -0.39 is 0 Å². The number of piperazine rings is 1. The van der Waals surface area contributed by atoms with Gasteiger partial charge in [-0.3, -0.25) is 9.69 Å². The number of carbonyl (C=O) groups excluding carboxylic acids is 1. The molecule has 3 aromatic rings. The van der Waals surface area contributed by atoms with E-state index in [0.717, 1.165) is 61.2 Å². The Morgan fingerprint density at radius 1 is 1.03 bits per heavy atom. The van der Waals surface area contributed by atoms with Crippen LogP contribution in [0.4, 0.5) is 0 Å². The minimum atomic E-state index is 0.00267. The number of amides is 1. The van der Waals surface area contributed by atoms with Crippen LogP contribution in [0.15, 0.2) is 53.9 Å². The highest BCUT2D eigenvalue weighted by molar-refractivity contribution is 7.13. The molecule has 1 aliphatic rings. The number of carbonyl (C=O) groups is 1. The third-order valence-electron chi connectivity index (χ3n) is 5.99. The van der Waals surface area contributed by atoms with Crippen LogP contribution in [0.1, 0.15) is 16.8 Å². The molecule has 33 heavy (non-hydrogen) atoms. The quantitative estimate of drug-likeness (QED) is 0.526. The summed E-state index contributed by atoms with van der Waals surface area (Å²) in [5.74, 6) is 0.842. The normalized spacial score (nSPS) is 14.8. The summed E-state index contributed by atoms with van der Waals surface area (Å²) in [6, 6.07) is 16.6. The molecule has 1 N–H and O–H groups in total. The third-order valence-corrected chi connectivity index (χ3v) is 6.93. The van der Waals surface area contributed by atoms with Gasteiger partial charge in [-0.1, -0.05) is 36.4 Å². The second-order valence-corrected chi connectivity index (χ2v) is 9.40. The maximum Gasteiger partial charge on any atom is 0.226 e. The predicted molar refractivity (Wildman–Crippen MR) is 134 cm³/mol. The summed E-state index contributed by atoms with van der Waals surface area (Å²) in [4.78, 5) is 21.9. The van der Waals surface area contributed by atoms with Gasteiger partial charge < -0.3 is 15.0 Å². The van der Waals surface area contributed by atoms with Crippen molar-refractivity contribution in [2.24, 2.45) is 0 Å². The van der Waals surface area contributed by atoms with Crippen molar-refractivity contribution in [1.29, 1.82) is 0 Å². The molecular formula is C26H32N4O2S. The fraction of sp³-hybridized carbons (Fsp3) is 0.385. The highest BCUT2D eigenvalue weighted by Crippen LogP contribution is 2.24. The zero-order valence-electron chi connectivity index (χ0n) is 19.4. The van der Waals surface area contributed by atoms with Crippen LogP contribution in [0.5, 0.6) is 5.75 Å². The first-order chi connectivity index (χ1) is 16.1. The number of hydrogen-bond acceptors (Lipinski definition) is 6. The van der Waals surface area contributed by atoms with Crippen LogP contribution in [-0.2, 0) is 24.2 Å². The second-order valence-electron chi connectivity index (χ2n) is 8.55. The van der Waals surface area contributed by atoms with Crippen molar-refractivity contribution in [3.8, 4) is 16.3 Å². The summed E-state index contributed by atoms with van der Waals surface area (Å²) >= 11 is 1.59. The van der Waals surface area contributed by atoms with Crippen molar-refractivity contribution < 1.29 is 9.53 Å². The van der Waals surface area contributed by atoms with Gasteiger partial charge in [0.25, 0.3) is 0 Å². The average Bonchev–Trinajstić information content (AvgIpc) is 3.30. The molecule has 7 heteroatoms. The first-order valence-corrected chi connectivity index (χ1v) is 12.3. The number of thiazole rings is 1. The van der Waals surface area contributed by atoms with Crippen LogP contribution in [-0.4, -0.2) is 67.6 Å². The summed E-state index contributed by atoms with van der Waals surface area (Å²) < 4.78 is 5.17. The maximum absolute atomic E-state index is 12.3. The van der Waals surface area contributed by atoms with Gasteiger partial charge in [-0.25, -0.2) is 4.98 Å². The van der Waals surface area contributed by atoms with Crippen molar-refractivity contribution in [2.45, 2.75) is 19.4 Å². The van der Waals surface area contributed by atoms with Crippen LogP contribution in [0.2, 0.25) is 0 Å². The Bertz CT molecular complexity index is 1030. The van der Waals surface area contributed by atoms with E-state index in [4.69, 9.17) is 4.74 Å². The maximum atomic E-state index is 12.3. The van der Waals surface area contributed by atoms with Gasteiger partial charge in [-0.2, -0.15) is 0 Å². The number of hydrogen-bond donors (Lipinski definition) is 1. The van der Waals surface area contributed by atoms with Gasteiger partial charge in [-0.05, 0) is 36.7 Å². The van der Waals surface area contributed by atoms with Gasteiger partial charge in [-0.15, -0.1) is 11.3 Å². The third kappa shape index (κ3) is 6.87. The lowest BCUT2D eigenvalue weighted by atomic mass is 10.1. The molecule has 4 rings (SSSR count). The molecule has 0 spiro atoms. The average molecular weight is 465 g/mol. The molecule has 6 nitrogen and oxygen atoms in total. The molecule has 0 atom stereocenters. The Morgan fingerprint density at radius 3 is 2.42 bits per heavy atom. The SMILES string of the molecule is COc1ccc(CCNC(=O)Cc2csc(-c3ccc(CN4CCN(C)CC4)cc3)n2)cc1. The Kier molecular flexibility index (Phi) is 8.10. The van der Waals surface area contributed by atoms with E-state index in [-0.39, 0.29) is 5.91 Å². The molecule has 1 aromatic heterocycles. The Hall–Kier alpha value is -2.74. The van der Waals surface area contributed by atoms with Crippen molar-refractivity contribution >= 4 is 17.2 Å². The minimum absolute atomic E-state index is 0.00267. The smallest absolute Gasteiger partial charge is 0.226 e. The molecule has 0 unspecified atom stereocenters. The molecule has 1 aliphatic heterocycles. The zero-order valence-corrected chi connectivity index (χ0v) is 20.2. The standard InChI is InChI=1S/C26H32N4O2S/c1-29-13-15-30(16-14-29)18-21-3-7-22(8-4-21)26-28-23(19-33-26)17-25(31)27-12-11-20-5-9-24(32-2)10-6-20/h3-10,19H,11-18H2,1-2H3,(H,27,31). The van der Waals surface area contributed by atoms with Crippen LogP contribution >= 0.6 is 11.3 Å². The van der Waals surface area contributed by atoms with E-state index in [2.05, 4.69) is 51.4 Å². The van der Waals surface area contributed by atoms with E-state index >= 15 is 0 Å². The lowest BCUT2D eigenvalue weighted by Crippen LogP contribution is -2.43. The number of aromatic nitrogens is 1. The van der Waals surface area contributed by atoms with Crippen molar-refractivity contribution in [3.05, 3.63) is 70.7 Å². The molecule has 2 aromatic carbocycles. The van der Waals surface area contributed by atoms with Gasteiger partial charge >= 0.3 is 0 Å². The molecule has 1 saturated heterocycles. The summed E-state index contributed by atoms with van der Waals surface area (Å²) in [5.41, 5.74) is 4.42. The number of likely N-dealkylation sites (N-methyl/N-ethyl adjacent to an activating group) is 1. The Labute approximate surface area is 200 Å². The van der Waals surface area contributed by atoms with E-state index in [0.29, 0.717) is 13.0 Å². The van der Waals surface area contributed by atoms with Crippen molar-refractivity contribution in [3.63, 3.8) is 0 Å². The molecule has 1 fully saturated rings. The van der Waals surface area contributed by atoms with Gasteiger partial charge in [0.15, 0.2) is 0 Å². The van der Waals surface area contributed by atoms with Gasteiger partial charge in [0.05, 0.1) is 19.2 Å². The number of benzene rings is 2. The van der Waals surface area contributed by atoms with E-state index in [1.165, 1.54) is 11.1 Å². The molecule has 0 aliphatic carbocycles. The molecule has 174 valence electrons. The fourth-order valence-electron chi connectivity index (χ4n) is 3.90. The zero-order chi connectivity index (χ0) is 23.0. The summed E-state index contributed by atoms with van der Waals surface area (Å²) in [7, 11) is 3.84. The highest BCUT2D eigenvalue weighted by Gasteiger charge is 2.14. The van der Waals surface area contributed by atoms with Crippen molar-refractivity contribution in [1.82, 2.24) is 20.1 Å². The lowest BCUT2D eigenvalue weighted by Gasteiger charge is -2.32. The van der Waals surface area contributed by atoms with Crippen LogP contribution < -0.4 is 10.1 Å². The topological polar surface area (TPSA) is 57.7 Å². The van der Waals surface area contributed by atoms with Gasteiger partial charge in [0.1, 0.15) is 10.8 Å². The largest absolute Gasteiger partial charge is 0.497 e.